The molecule has 1 N–H and O–H groups in total. The van der Waals surface area contributed by atoms with Gasteiger partial charge in [-0.1, -0.05) is 30.0 Å². The number of hydrogen-bond acceptors (Lipinski definition) is 5. The summed E-state index contributed by atoms with van der Waals surface area (Å²) in [4.78, 5) is 20.7. The van der Waals surface area contributed by atoms with Gasteiger partial charge in [0.25, 0.3) is 5.91 Å². The number of thiocarbonyl (C=S) groups is 1. The van der Waals surface area contributed by atoms with E-state index in [1.807, 2.05) is 24.3 Å². The largest absolute Gasteiger partial charge is 0.370 e. The Labute approximate surface area is 145 Å². The van der Waals surface area contributed by atoms with E-state index in [2.05, 4.69) is 4.98 Å². The van der Waals surface area contributed by atoms with Crippen LogP contribution < -0.4 is 4.90 Å². The highest BCUT2D eigenvalue weighted by atomic mass is 32.2. The lowest BCUT2D eigenvalue weighted by Crippen LogP contribution is -3.14. The van der Waals surface area contributed by atoms with Gasteiger partial charge in [0.15, 0.2) is 0 Å². The summed E-state index contributed by atoms with van der Waals surface area (Å²) in [6.45, 7) is 5.52. The molecule has 122 valence electrons. The zero-order valence-electron chi connectivity index (χ0n) is 12.9. The van der Waals surface area contributed by atoms with Crippen molar-refractivity contribution in [1.82, 2.24) is 9.88 Å². The van der Waals surface area contributed by atoms with Gasteiger partial charge in [0.2, 0.25) is 0 Å². The molecule has 3 rings (SSSR count). The van der Waals surface area contributed by atoms with Gasteiger partial charge in [0.1, 0.15) is 17.4 Å². The number of nitrogens with zero attached hydrogens (tertiary/aromatic N) is 2. The smallest absolute Gasteiger partial charge is 0.266 e. The van der Waals surface area contributed by atoms with Crippen molar-refractivity contribution in [2.75, 3.05) is 39.4 Å². The first-order valence-electron chi connectivity index (χ1n) is 7.82. The van der Waals surface area contributed by atoms with Gasteiger partial charge < -0.3 is 9.64 Å². The molecule has 2 fully saturated rings. The molecule has 0 bridgehead atoms. The van der Waals surface area contributed by atoms with Crippen molar-refractivity contribution in [3.63, 3.8) is 0 Å². The van der Waals surface area contributed by atoms with E-state index in [4.69, 9.17) is 17.0 Å². The molecule has 0 atom stereocenters. The van der Waals surface area contributed by atoms with Crippen LogP contribution in [-0.4, -0.2) is 59.5 Å². The number of carbonyl (C=O) groups is 1. The van der Waals surface area contributed by atoms with Crippen molar-refractivity contribution in [1.29, 1.82) is 0 Å². The van der Waals surface area contributed by atoms with Crippen molar-refractivity contribution in [2.45, 2.75) is 6.42 Å². The number of thioether (sulfide) groups is 1. The van der Waals surface area contributed by atoms with Gasteiger partial charge in [-0.25, -0.2) is 0 Å². The second-order valence-corrected chi connectivity index (χ2v) is 7.23. The van der Waals surface area contributed by atoms with E-state index in [0.29, 0.717) is 15.8 Å². The Morgan fingerprint density at radius 1 is 1.39 bits per heavy atom. The number of ether oxygens (including phenoxy) is 1. The van der Waals surface area contributed by atoms with E-state index >= 15 is 0 Å². The van der Waals surface area contributed by atoms with Crippen LogP contribution in [-0.2, 0) is 9.53 Å². The molecule has 0 radical (unpaired) electrons. The lowest BCUT2D eigenvalue weighted by atomic mass is 10.3. The van der Waals surface area contributed by atoms with E-state index in [0.717, 1.165) is 45.0 Å². The van der Waals surface area contributed by atoms with Crippen LogP contribution in [0.5, 0.6) is 0 Å². The quantitative estimate of drug-likeness (QED) is 0.622. The molecular weight excluding hydrogens is 330 g/mol. The SMILES string of the molecule is O=C1/C(=C/c2ccccn2)SC(=S)N1CCC[NH+]1CCOCC1. The number of aromatic nitrogens is 1. The van der Waals surface area contributed by atoms with Crippen molar-refractivity contribution >= 4 is 40.3 Å². The van der Waals surface area contributed by atoms with Crippen LogP contribution in [0.1, 0.15) is 12.1 Å². The number of pyridine rings is 1. The molecule has 1 amide bonds. The highest BCUT2D eigenvalue weighted by Crippen LogP contribution is 2.32. The predicted octanol–water partition coefficient (Wildman–Crippen LogP) is 0.588. The van der Waals surface area contributed by atoms with Crippen LogP contribution in [0.15, 0.2) is 29.3 Å². The standard InChI is InChI=1S/C16H19N3O2S2/c20-15-14(12-13-4-1-2-5-17-13)23-16(22)19(15)7-3-6-18-8-10-21-11-9-18/h1-2,4-5,12H,3,6-11H2/p+1/b14-12-. The number of amides is 1. The lowest BCUT2D eigenvalue weighted by Gasteiger charge is -2.24. The molecule has 0 unspecified atom stereocenters. The Morgan fingerprint density at radius 3 is 2.96 bits per heavy atom. The van der Waals surface area contributed by atoms with Gasteiger partial charge in [0.05, 0.1) is 30.4 Å². The normalized spacial score (nSPS) is 21.4. The number of hydrogen-bond donors (Lipinski definition) is 1. The van der Waals surface area contributed by atoms with Gasteiger partial charge in [-0.3, -0.25) is 14.7 Å². The molecule has 0 spiro atoms. The van der Waals surface area contributed by atoms with Crippen molar-refractivity contribution in [3.05, 3.63) is 35.0 Å². The molecule has 1 aromatic rings. The fourth-order valence-electron chi connectivity index (χ4n) is 2.69. The van der Waals surface area contributed by atoms with Gasteiger partial charge in [-0.2, -0.15) is 0 Å². The Kier molecular flexibility index (Phi) is 5.77. The molecule has 7 heteroatoms. The zero-order valence-corrected chi connectivity index (χ0v) is 14.5. The Balaban J connectivity index is 1.55. The topological polar surface area (TPSA) is 46.9 Å². The maximum Gasteiger partial charge on any atom is 0.266 e. The van der Waals surface area contributed by atoms with Crippen LogP contribution in [0.2, 0.25) is 0 Å². The van der Waals surface area contributed by atoms with Crippen LogP contribution in [0.3, 0.4) is 0 Å². The molecule has 2 saturated heterocycles. The van der Waals surface area contributed by atoms with Gasteiger partial charge in [0, 0.05) is 19.2 Å². The first-order chi connectivity index (χ1) is 11.2. The molecule has 5 nitrogen and oxygen atoms in total. The third-order valence-electron chi connectivity index (χ3n) is 3.95. The summed E-state index contributed by atoms with van der Waals surface area (Å²) in [5, 5.41) is 0. The molecule has 2 aliphatic heterocycles. The second kappa shape index (κ2) is 8.01. The second-order valence-electron chi connectivity index (χ2n) is 5.55. The first kappa shape index (κ1) is 16.6. The van der Waals surface area contributed by atoms with E-state index in [-0.39, 0.29) is 5.91 Å². The Bertz CT molecular complexity index is 601. The minimum absolute atomic E-state index is 0.00244. The summed E-state index contributed by atoms with van der Waals surface area (Å²) in [6.07, 6.45) is 4.49. The Hall–Kier alpha value is -1.28. The summed E-state index contributed by atoms with van der Waals surface area (Å²) in [6, 6.07) is 5.65. The molecule has 0 saturated carbocycles. The van der Waals surface area contributed by atoms with E-state index < -0.39 is 0 Å². The van der Waals surface area contributed by atoms with E-state index in [9.17, 15) is 4.79 Å². The number of morpholine rings is 1. The number of quaternary nitrogens is 1. The van der Waals surface area contributed by atoms with E-state index in [1.54, 1.807) is 16.0 Å². The predicted molar refractivity (Wildman–Crippen MR) is 95.1 cm³/mol. The summed E-state index contributed by atoms with van der Waals surface area (Å²) in [5.74, 6) is 0.00244. The van der Waals surface area contributed by atoms with Crippen LogP contribution >= 0.6 is 24.0 Å². The number of rotatable bonds is 5. The molecule has 0 aliphatic carbocycles. The molecular formula is C16H20N3O2S2+. The first-order valence-corrected chi connectivity index (χ1v) is 9.04. The third kappa shape index (κ3) is 4.38. The minimum Gasteiger partial charge on any atom is -0.370 e. The lowest BCUT2D eigenvalue weighted by molar-refractivity contribution is -0.908. The van der Waals surface area contributed by atoms with Crippen molar-refractivity contribution < 1.29 is 14.4 Å². The van der Waals surface area contributed by atoms with Crippen molar-refractivity contribution in [3.8, 4) is 0 Å². The van der Waals surface area contributed by atoms with Crippen molar-refractivity contribution in [2.24, 2.45) is 0 Å². The van der Waals surface area contributed by atoms with Gasteiger partial charge >= 0.3 is 0 Å². The number of nitrogens with one attached hydrogen (secondary N) is 1. The monoisotopic (exact) mass is 350 g/mol. The fourth-order valence-corrected chi connectivity index (χ4v) is 3.98. The third-order valence-corrected chi connectivity index (χ3v) is 5.33. The summed E-state index contributed by atoms with van der Waals surface area (Å²) in [7, 11) is 0. The number of carbonyl (C=O) groups excluding carboxylic acids is 1. The molecule has 23 heavy (non-hydrogen) atoms. The maximum atomic E-state index is 12.5. The van der Waals surface area contributed by atoms with E-state index in [1.165, 1.54) is 11.8 Å². The molecule has 3 heterocycles. The summed E-state index contributed by atoms with van der Waals surface area (Å²) >= 11 is 6.73. The highest BCUT2D eigenvalue weighted by molar-refractivity contribution is 8.26. The van der Waals surface area contributed by atoms with Gasteiger partial charge in [-0.05, 0) is 18.2 Å². The minimum atomic E-state index is 0.00244. The van der Waals surface area contributed by atoms with Crippen LogP contribution in [0, 0.1) is 0 Å². The molecule has 2 aliphatic rings. The van der Waals surface area contributed by atoms with Crippen LogP contribution in [0.4, 0.5) is 0 Å². The average molecular weight is 350 g/mol. The summed E-state index contributed by atoms with van der Waals surface area (Å²) in [5.41, 5.74) is 0.783. The summed E-state index contributed by atoms with van der Waals surface area (Å²) < 4.78 is 6.01. The average Bonchev–Trinajstić information content (AvgIpc) is 2.84. The maximum absolute atomic E-state index is 12.5. The molecule has 1 aromatic heterocycles. The molecule has 0 aromatic carbocycles. The fraction of sp³-hybridized carbons (Fsp3) is 0.438. The highest BCUT2D eigenvalue weighted by Gasteiger charge is 2.31. The Morgan fingerprint density at radius 2 is 2.22 bits per heavy atom. The van der Waals surface area contributed by atoms with Crippen LogP contribution in [0.25, 0.3) is 6.08 Å². The zero-order chi connectivity index (χ0) is 16.1. The van der Waals surface area contributed by atoms with Gasteiger partial charge in [-0.15, -0.1) is 0 Å².